The lowest BCUT2D eigenvalue weighted by Crippen LogP contribution is -2.38. The first kappa shape index (κ1) is 22.9. The van der Waals surface area contributed by atoms with Crippen LogP contribution in [0.5, 0.6) is 0 Å². The smallest absolute Gasteiger partial charge is 0.193 e. The van der Waals surface area contributed by atoms with Crippen molar-refractivity contribution in [1.29, 1.82) is 0 Å². The Morgan fingerprint density at radius 2 is 1.76 bits per heavy atom. The fourth-order valence-corrected chi connectivity index (χ4v) is 3.08. The van der Waals surface area contributed by atoms with E-state index in [0.29, 0.717) is 6.54 Å². The lowest BCUT2D eigenvalue weighted by molar-refractivity contribution is 0.476. The Kier molecular flexibility index (Phi) is 8.63. The summed E-state index contributed by atoms with van der Waals surface area (Å²) >= 11 is 0. The molecule has 0 saturated carbocycles. The van der Waals surface area contributed by atoms with Gasteiger partial charge in [-0.2, -0.15) is 0 Å². The maximum Gasteiger partial charge on any atom is 0.193 e. The van der Waals surface area contributed by atoms with Crippen molar-refractivity contribution < 1.29 is 0 Å². The first-order valence-electron chi connectivity index (χ1n) is 9.55. The molecule has 0 saturated heterocycles. The molecule has 0 fully saturated rings. The number of nitrogens with zero attached hydrogens (tertiary/aromatic N) is 5. The predicted molar refractivity (Wildman–Crippen MR) is 129 cm³/mol. The molecule has 6 nitrogen and oxygen atoms in total. The van der Waals surface area contributed by atoms with Crippen LogP contribution in [0.3, 0.4) is 0 Å². The van der Waals surface area contributed by atoms with Gasteiger partial charge in [0.05, 0.1) is 0 Å². The monoisotopic (exact) mass is 504 g/mol. The first-order valence-corrected chi connectivity index (χ1v) is 9.55. The molecule has 2 aromatic heterocycles. The molecule has 0 radical (unpaired) electrons. The molecule has 154 valence electrons. The van der Waals surface area contributed by atoms with E-state index < -0.39 is 0 Å². The van der Waals surface area contributed by atoms with E-state index in [9.17, 15) is 0 Å². The highest BCUT2D eigenvalue weighted by Gasteiger charge is 2.07. The minimum Gasteiger partial charge on any atom is -0.352 e. The Labute approximate surface area is 190 Å². The van der Waals surface area contributed by atoms with Gasteiger partial charge in [0.25, 0.3) is 0 Å². The number of imidazole rings is 1. The van der Waals surface area contributed by atoms with E-state index in [0.717, 1.165) is 36.1 Å². The highest BCUT2D eigenvalue weighted by Crippen LogP contribution is 2.10. The van der Waals surface area contributed by atoms with Gasteiger partial charge in [-0.1, -0.05) is 37.3 Å². The van der Waals surface area contributed by atoms with E-state index in [1.807, 2.05) is 44.0 Å². The number of hydrogen-bond donors (Lipinski definition) is 1. The van der Waals surface area contributed by atoms with Gasteiger partial charge >= 0.3 is 0 Å². The number of aliphatic imine (C=N–C) groups is 1. The Morgan fingerprint density at radius 3 is 2.31 bits per heavy atom. The molecule has 3 rings (SSSR count). The third kappa shape index (κ3) is 6.03. The zero-order chi connectivity index (χ0) is 19.9. The molecule has 0 unspecified atom stereocenters. The Hall–Kier alpha value is -2.42. The van der Waals surface area contributed by atoms with Crippen molar-refractivity contribution in [3.05, 3.63) is 77.5 Å². The molecule has 0 amide bonds. The number of halogens is 1. The van der Waals surface area contributed by atoms with Crippen LogP contribution in [0.25, 0.3) is 5.82 Å². The van der Waals surface area contributed by atoms with Crippen molar-refractivity contribution in [2.45, 2.75) is 33.4 Å². The summed E-state index contributed by atoms with van der Waals surface area (Å²) in [6.07, 6.45) is 6.65. The SMILES string of the molecule is CCc1ccc(CN(C)C(=NC)NCc2ccc(-n3ccnc3C)nc2)cc1.I. The topological polar surface area (TPSA) is 58.3 Å². The summed E-state index contributed by atoms with van der Waals surface area (Å²) in [5.41, 5.74) is 3.73. The second-order valence-electron chi connectivity index (χ2n) is 6.80. The highest BCUT2D eigenvalue weighted by atomic mass is 127. The number of hydrogen-bond acceptors (Lipinski definition) is 3. The van der Waals surface area contributed by atoms with Gasteiger partial charge in [0, 0.05) is 45.8 Å². The second-order valence-corrected chi connectivity index (χ2v) is 6.80. The second kappa shape index (κ2) is 10.9. The summed E-state index contributed by atoms with van der Waals surface area (Å²) in [6, 6.07) is 12.8. The summed E-state index contributed by atoms with van der Waals surface area (Å²) in [5.74, 6) is 2.65. The first-order chi connectivity index (χ1) is 13.6. The Morgan fingerprint density at radius 1 is 1.07 bits per heavy atom. The van der Waals surface area contributed by atoms with E-state index in [1.54, 1.807) is 6.20 Å². The van der Waals surface area contributed by atoms with Gasteiger partial charge in [0.15, 0.2) is 5.96 Å². The number of guanidine groups is 1. The summed E-state index contributed by atoms with van der Waals surface area (Å²) in [4.78, 5) is 15.3. The zero-order valence-electron chi connectivity index (χ0n) is 17.5. The zero-order valence-corrected chi connectivity index (χ0v) is 19.8. The molecule has 0 bridgehead atoms. The van der Waals surface area contributed by atoms with Gasteiger partial charge < -0.3 is 10.2 Å². The maximum absolute atomic E-state index is 4.54. The molecule has 7 heteroatoms. The average Bonchev–Trinajstić information content (AvgIpc) is 3.15. The number of aromatic nitrogens is 3. The van der Waals surface area contributed by atoms with E-state index in [-0.39, 0.29) is 24.0 Å². The minimum atomic E-state index is 0. The minimum absolute atomic E-state index is 0. The largest absolute Gasteiger partial charge is 0.352 e. The highest BCUT2D eigenvalue weighted by molar-refractivity contribution is 14.0. The molecule has 0 spiro atoms. The molecule has 0 aliphatic carbocycles. The number of benzene rings is 1. The Balaban J connectivity index is 0.00000300. The summed E-state index contributed by atoms with van der Waals surface area (Å²) < 4.78 is 1.97. The standard InChI is InChI=1S/C22H28N6.HI/c1-5-18-6-8-19(9-7-18)16-27(4)22(23-3)26-15-20-10-11-21(25-14-20)28-13-12-24-17(28)2;/h6-14H,5,15-16H2,1-4H3,(H,23,26);1H. The normalized spacial score (nSPS) is 11.1. The van der Waals surface area contributed by atoms with Crippen LogP contribution in [0, 0.1) is 6.92 Å². The van der Waals surface area contributed by atoms with Crippen LogP contribution < -0.4 is 5.32 Å². The van der Waals surface area contributed by atoms with Crippen molar-refractivity contribution in [1.82, 2.24) is 24.8 Å². The summed E-state index contributed by atoms with van der Waals surface area (Å²) in [5, 5.41) is 3.41. The molecule has 1 aromatic carbocycles. The van der Waals surface area contributed by atoms with E-state index in [2.05, 4.69) is 62.4 Å². The van der Waals surface area contributed by atoms with Crippen LogP contribution in [0.4, 0.5) is 0 Å². The van der Waals surface area contributed by atoms with Crippen LogP contribution in [-0.2, 0) is 19.5 Å². The average molecular weight is 504 g/mol. The number of pyridine rings is 1. The lowest BCUT2D eigenvalue weighted by Gasteiger charge is -2.22. The van der Waals surface area contributed by atoms with Crippen molar-refractivity contribution in [3.63, 3.8) is 0 Å². The van der Waals surface area contributed by atoms with Gasteiger partial charge in [0.1, 0.15) is 11.6 Å². The van der Waals surface area contributed by atoms with E-state index in [4.69, 9.17) is 0 Å². The summed E-state index contributed by atoms with van der Waals surface area (Å²) in [6.45, 7) is 5.61. The van der Waals surface area contributed by atoms with Gasteiger partial charge in [-0.25, -0.2) is 9.97 Å². The Bertz CT molecular complexity index is 915. The third-order valence-electron chi connectivity index (χ3n) is 4.76. The van der Waals surface area contributed by atoms with Crippen LogP contribution in [-0.4, -0.2) is 39.5 Å². The van der Waals surface area contributed by atoms with Crippen LogP contribution in [0.15, 0.2) is 60.0 Å². The number of aryl methyl sites for hydroxylation is 2. The number of nitrogens with one attached hydrogen (secondary N) is 1. The van der Waals surface area contributed by atoms with Gasteiger partial charge in [-0.3, -0.25) is 9.56 Å². The van der Waals surface area contributed by atoms with Crippen molar-refractivity contribution in [3.8, 4) is 5.82 Å². The van der Waals surface area contributed by atoms with Crippen LogP contribution in [0.1, 0.15) is 29.4 Å². The molecular weight excluding hydrogens is 475 g/mol. The van der Waals surface area contributed by atoms with Crippen molar-refractivity contribution in [2.24, 2.45) is 4.99 Å². The van der Waals surface area contributed by atoms with E-state index in [1.165, 1.54) is 11.1 Å². The molecule has 2 heterocycles. The fraction of sp³-hybridized carbons (Fsp3) is 0.318. The summed E-state index contributed by atoms with van der Waals surface area (Å²) in [7, 11) is 3.86. The molecule has 29 heavy (non-hydrogen) atoms. The van der Waals surface area contributed by atoms with Gasteiger partial charge in [-0.05, 0) is 36.1 Å². The third-order valence-corrected chi connectivity index (χ3v) is 4.76. The quantitative estimate of drug-likeness (QED) is 0.314. The molecule has 0 aliphatic rings. The predicted octanol–water partition coefficient (Wildman–Crippen LogP) is 3.96. The van der Waals surface area contributed by atoms with Crippen LogP contribution in [0.2, 0.25) is 0 Å². The maximum atomic E-state index is 4.54. The van der Waals surface area contributed by atoms with E-state index >= 15 is 0 Å². The molecule has 1 N–H and O–H groups in total. The lowest BCUT2D eigenvalue weighted by atomic mass is 10.1. The molecule has 3 aromatic rings. The molecule has 0 aliphatic heterocycles. The van der Waals surface area contributed by atoms with Crippen LogP contribution >= 0.6 is 24.0 Å². The van der Waals surface area contributed by atoms with Gasteiger partial charge in [-0.15, -0.1) is 24.0 Å². The van der Waals surface area contributed by atoms with Crippen molar-refractivity contribution in [2.75, 3.05) is 14.1 Å². The van der Waals surface area contributed by atoms with Crippen molar-refractivity contribution >= 4 is 29.9 Å². The molecular formula is C22H29IN6. The molecule has 0 atom stereocenters. The number of rotatable bonds is 6. The fourth-order valence-electron chi connectivity index (χ4n) is 3.08. The van der Waals surface area contributed by atoms with Gasteiger partial charge in [0.2, 0.25) is 0 Å².